The minimum atomic E-state index is -0.392. The van der Waals surface area contributed by atoms with Crippen LogP contribution in [0, 0.1) is 11.3 Å². The molecule has 1 aliphatic carbocycles. The van der Waals surface area contributed by atoms with Crippen molar-refractivity contribution >= 4 is 28.2 Å². The number of fused-ring (bicyclic) bond motifs is 1. The minimum Gasteiger partial charge on any atom is -0.496 e. The Morgan fingerprint density at radius 2 is 1.77 bits per heavy atom. The summed E-state index contributed by atoms with van der Waals surface area (Å²) >= 11 is 1.47. The molecule has 1 N–H and O–H groups in total. The Morgan fingerprint density at radius 3 is 2.32 bits per heavy atom. The van der Waals surface area contributed by atoms with E-state index in [1.807, 2.05) is 0 Å². The zero-order chi connectivity index (χ0) is 22.8. The van der Waals surface area contributed by atoms with Gasteiger partial charge in [0.15, 0.2) is 0 Å². The number of thiophene rings is 1. The zero-order valence-electron chi connectivity index (χ0n) is 19.1. The summed E-state index contributed by atoms with van der Waals surface area (Å²) in [5.74, 6) is 0.557. The van der Waals surface area contributed by atoms with Crippen LogP contribution in [0.3, 0.4) is 0 Å². The topological polar surface area (TPSA) is 73.9 Å². The van der Waals surface area contributed by atoms with Gasteiger partial charge >= 0.3 is 5.97 Å². The largest absolute Gasteiger partial charge is 0.496 e. The molecule has 1 aromatic carbocycles. The summed E-state index contributed by atoms with van der Waals surface area (Å²) in [4.78, 5) is 27.2. The molecule has 6 nitrogen and oxygen atoms in total. The first-order valence-corrected chi connectivity index (χ1v) is 11.4. The number of carbonyl (C=O) groups is 2. The second kappa shape index (κ2) is 9.30. The van der Waals surface area contributed by atoms with E-state index in [0.717, 1.165) is 29.7 Å². The highest BCUT2D eigenvalue weighted by atomic mass is 32.1. The van der Waals surface area contributed by atoms with Gasteiger partial charge in [-0.2, -0.15) is 0 Å². The summed E-state index contributed by atoms with van der Waals surface area (Å²) < 4.78 is 16.1. The number of benzene rings is 1. The maximum Gasteiger partial charge on any atom is 0.341 e. The SMILES string of the molecule is CCOC(=O)c1c(NC(=O)c2c(OC)cccc2OC)sc2c1CCC(C(C)(C)C)C2. The van der Waals surface area contributed by atoms with Crippen molar-refractivity contribution in [3.05, 3.63) is 39.8 Å². The summed E-state index contributed by atoms with van der Waals surface area (Å²) in [5.41, 5.74) is 1.96. The van der Waals surface area contributed by atoms with Crippen molar-refractivity contribution < 1.29 is 23.8 Å². The lowest BCUT2D eigenvalue weighted by molar-refractivity contribution is 0.0526. The number of rotatable bonds is 6. The number of ether oxygens (including phenoxy) is 3. The molecular formula is C24H31NO5S. The molecule has 0 aliphatic heterocycles. The number of anilines is 1. The van der Waals surface area contributed by atoms with E-state index in [0.29, 0.717) is 33.5 Å². The molecule has 0 bridgehead atoms. The van der Waals surface area contributed by atoms with Crippen molar-refractivity contribution in [3.8, 4) is 11.5 Å². The van der Waals surface area contributed by atoms with Gasteiger partial charge in [-0.05, 0) is 55.2 Å². The molecular weight excluding hydrogens is 414 g/mol. The third-order valence-electron chi connectivity index (χ3n) is 5.85. The molecule has 31 heavy (non-hydrogen) atoms. The lowest BCUT2D eigenvalue weighted by Gasteiger charge is -2.33. The Bertz CT molecular complexity index is 951. The summed E-state index contributed by atoms with van der Waals surface area (Å²) in [6.07, 6.45) is 2.70. The molecule has 1 unspecified atom stereocenters. The minimum absolute atomic E-state index is 0.181. The van der Waals surface area contributed by atoms with Gasteiger partial charge in [0.25, 0.3) is 5.91 Å². The molecule has 2 aromatic rings. The van der Waals surface area contributed by atoms with Crippen molar-refractivity contribution in [2.24, 2.45) is 11.3 Å². The van der Waals surface area contributed by atoms with E-state index in [4.69, 9.17) is 14.2 Å². The van der Waals surface area contributed by atoms with Gasteiger partial charge in [-0.1, -0.05) is 26.8 Å². The van der Waals surface area contributed by atoms with Crippen molar-refractivity contribution in [1.82, 2.24) is 0 Å². The summed E-state index contributed by atoms with van der Waals surface area (Å²) in [6.45, 7) is 8.81. The van der Waals surface area contributed by atoms with E-state index in [9.17, 15) is 9.59 Å². The Kier molecular flexibility index (Phi) is 6.94. The highest BCUT2D eigenvalue weighted by Crippen LogP contribution is 2.45. The molecule has 1 heterocycles. The van der Waals surface area contributed by atoms with Crippen LogP contribution in [0.4, 0.5) is 5.00 Å². The van der Waals surface area contributed by atoms with Crippen LogP contribution in [-0.2, 0) is 17.6 Å². The predicted octanol–water partition coefficient (Wildman–Crippen LogP) is 5.35. The summed E-state index contributed by atoms with van der Waals surface area (Å²) in [7, 11) is 3.01. The fourth-order valence-corrected chi connectivity index (χ4v) is 5.38. The van der Waals surface area contributed by atoms with Crippen LogP contribution in [0.15, 0.2) is 18.2 Å². The van der Waals surface area contributed by atoms with Crippen molar-refractivity contribution in [1.29, 1.82) is 0 Å². The zero-order valence-corrected chi connectivity index (χ0v) is 19.9. The first-order valence-electron chi connectivity index (χ1n) is 10.5. The van der Waals surface area contributed by atoms with Crippen LogP contribution in [-0.4, -0.2) is 32.7 Å². The lowest BCUT2D eigenvalue weighted by Crippen LogP contribution is -2.26. The highest BCUT2D eigenvalue weighted by Gasteiger charge is 2.35. The Hall–Kier alpha value is -2.54. The normalized spacial score (nSPS) is 15.7. The van der Waals surface area contributed by atoms with Gasteiger partial charge in [-0.25, -0.2) is 4.79 Å². The fourth-order valence-electron chi connectivity index (χ4n) is 4.07. The molecule has 3 rings (SSSR count). The molecule has 1 aromatic heterocycles. The van der Waals surface area contributed by atoms with Gasteiger partial charge in [0.2, 0.25) is 0 Å². The Balaban J connectivity index is 2.01. The molecule has 168 valence electrons. The van der Waals surface area contributed by atoms with Crippen molar-refractivity contribution in [2.45, 2.75) is 47.0 Å². The van der Waals surface area contributed by atoms with Gasteiger partial charge in [0, 0.05) is 4.88 Å². The van der Waals surface area contributed by atoms with E-state index in [2.05, 4.69) is 26.1 Å². The quantitative estimate of drug-likeness (QED) is 0.607. The smallest absolute Gasteiger partial charge is 0.341 e. The summed E-state index contributed by atoms with van der Waals surface area (Å²) in [5, 5.41) is 3.47. The van der Waals surface area contributed by atoms with Crippen molar-refractivity contribution in [3.63, 3.8) is 0 Å². The average molecular weight is 446 g/mol. The number of esters is 1. The maximum absolute atomic E-state index is 13.2. The average Bonchev–Trinajstić information content (AvgIpc) is 3.09. The third kappa shape index (κ3) is 4.71. The van der Waals surface area contributed by atoms with Crippen LogP contribution >= 0.6 is 11.3 Å². The number of carbonyl (C=O) groups excluding carboxylic acids is 2. The maximum atomic E-state index is 13.2. The van der Waals surface area contributed by atoms with Gasteiger partial charge in [0.05, 0.1) is 26.4 Å². The van der Waals surface area contributed by atoms with Crippen molar-refractivity contribution in [2.75, 3.05) is 26.1 Å². The number of nitrogens with one attached hydrogen (secondary N) is 1. The number of methoxy groups -OCH3 is 2. The molecule has 0 saturated heterocycles. The van der Waals surface area contributed by atoms with Crippen LogP contribution in [0.25, 0.3) is 0 Å². The van der Waals surface area contributed by atoms with E-state index >= 15 is 0 Å². The molecule has 1 amide bonds. The molecule has 1 atom stereocenters. The van der Waals surface area contributed by atoms with Crippen LogP contribution in [0.2, 0.25) is 0 Å². The molecule has 0 radical (unpaired) electrons. The molecule has 0 saturated carbocycles. The highest BCUT2D eigenvalue weighted by molar-refractivity contribution is 7.17. The second-order valence-electron chi connectivity index (χ2n) is 8.73. The van der Waals surface area contributed by atoms with Gasteiger partial charge in [0.1, 0.15) is 22.1 Å². The van der Waals surface area contributed by atoms with Gasteiger partial charge in [-0.3, -0.25) is 4.79 Å². The second-order valence-corrected chi connectivity index (χ2v) is 9.83. The fraction of sp³-hybridized carbons (Fsp3) is 0.500. The first kappa shape index (κ1) is 23.1. The monoisotopic (exact) mass is 445 g/mol. The number of amides is 1. The molecule has 0 fully saturated rings. The third-order valence-corrected chi connectivity index (χ3v) is 7.02. The van der Waals surface area contributed by atoms with Crippen LogP contribution in [0.1, 0.15) is 65.3 Å². The molecule has 7 heteroatoms. The Morgan fingerprint density at radius 1 is 1.13 bits per heavy atom. The first-order chi connectivity index (χ1) is 14.7. The van der Waals surface area contributed by atoms with Crippen LogP contribution in [0.5, 0.6) is 11.5 Å². The van der Waals surface area contributed by atoms with E-state index in [1.54, 1.807) is 25.1 Å². The Labute approximate surface area is 187 Å². The van der Waals surface area contributed by atoms with E-state index in [-0.39, 0.29) is 17.9 Å². The standard InChI is InChI=1S/C24H31NO5S/c1-7-30-23(27)19-15-12-11-14(24(2,3)4)13-18(15)31-22(19)25-21(26)20-16(28-5)9-8-10-17(20)29-6/h8-10,14H,7,11-13H2,1-6H3,(H,25,26). The lowest BCUT2D eigenvalue weighted by atomic mass is 9.72. The predicted molar refractivity (Wildman–Crippen MR) is 123 cm³/mol. The number of hydrogen-bond donors (Lipinski definition) is 1. The molecule has 1 aliphatic rings. The molecule has 0 spiro atoms. The van der Waals surface area contributed by atoms with Gasteiger partial charge in [-0.15, -0.1) is 11.3 Å². The number of hydrogen-bond acceptors (Lipinski definition) is 6. The van der Waals surface area contributed by atoms with Gasteiger partial charge < -0.3 is 19.5 Å². The van der Waals surface area contributed by atoms with E-state index in [1.165, 1.54) is 25.6 Å². The van der Waals surface area contributed by atoms with E-state index < -0.39 is 5.97 Å². The van der Waals surface area contributed by atoms with Crippen LogP contribution < -0.4 is 14.8 Å². The summed E-state index contributed by atoms with van der Waals surface area (Å²) in [6, 6.07) is 5.17.